The molecule has 2 aromatic carbocycles. The summed E-state index contributed by atoms with van der Waals surface area (Å²) in [5.41, 5.74) is 4.57. The topological polar surface area (TPSA) is 61.6 Å². The average molecular weight is 433 g/mol. The van der Waals surface area contributed by atoms with Crippen LogP contribution in [-0.4, -0.2) is 58.8 Å². The van der Waals surface area contributed by atoms with Crippen LogP contribution >= 0.6 is 0 Å². The van der Waals surface area contributed by atoms with Crippen LogP contribution in [0, 0.1) is 5.92 Å². The highest BCUT2D eigenvalue weighted by Crippen LogP contribution is 2.38. The van der Waals surface area contributed by atoms with E-state index in [1.54, 1.807) is 0 Å². The van der Waals surface area contributed by atoms with E-state index in [1.165, 1.54) is 5.56 Å². The summed E-state index contributed by atoms with van der Waals surface area (Å²) in [5, 5.41) is 9.65. The molecule has 5 rings (SSSR count). The number of nitrogens with zero attached hydrogens (tertiary/aromatic N) is 4. The number of anilines is 1. The van der Waals surface area contributed by atoms with Gasteiger partial charge in [-0.2, -0.15) is 0 Å². The van der Waals surface area contributed by atoms with Crippen LogP contribution < -0.4 is 4.90 Å². The predicted octanol–water partition coefficient (Wildman–Crippen LogP) is 4.19. The Balaban J connectivity index is 1.42. The fourth-order valence-corrected chi connectivity index (χ4v) is 5.34. The van der Waals surface area contributed by atoms with Crippen molar-refractivity contribution in [3.63, 3.8) is 0 Å². The summed E-state index contributed by atoms with van der Waals surface area (Å²) in [5.74, 6) is 0.267. The van der Waals surface area contributed by atoms with Gasteiger partial charge in [-0.3, -0.25) is 4.79 Å². The van der Waals surface area contributed by atoms with E-state index in [0.29, 0.717) is 0 Å². The maximum atomic E-state index is 11.7. The molecule has 1 aromatic heterocycles. The van der Waals surface area contributed by atoms with Gasteiger partial charge in [0.05, 0.1) is 23.5 Å². The average Bonchev–Trinajstić information content (AvgIpc) is 3.18. The van der Waals surface area contributed by atoms with Crippen LogP contribution in [0.2, 0.25) is 0 Å². The zero-order valence-electron chi connectivity index (χ0n) is 18.8. The van der Waals surface area contributed by atoms with E-state index in [-0.39, 0.29) is 11.8 Å². The second kappa shape index (κ2) is 8.94. The molecule has 1 saturated heterocycles. The van der Waals surface area contributed by atoms with Gasteiger partial charge >= 0.3 is 5.97 Å². The molecule has 6 nitrogen and oxygen atoms in total. The zero-order chi connectivity index (χ0) is 22.1. The summed E-state index contributed by atoms with van der Waals surface area (Å²) in [7, 11) is 2.17. The maximum absolute atomic E-state index is 11.7. The molecular weight excluding hydrogens is 400 g/mol. The normalized spacial score (nSPS) is 22.3. The molecular formula is C26H32N4O2. The summed E-state index contributed by atoms with van der Waals surface area (Å²) in [6, 6.07) is 17.0. The first-order valence-corrected chi connectivity index (χ1v) is 11.8. The van der Waals surface area contributed by atoms with Gasteiger partial charge in [-0.15, -0.1) is 0 Å². The molecule has 2 fully saturated rings. The van der Waals surface area contributed by atoms with Gasteiger partial charge in [0.15, 0.2) is 0 Å². The lowest BCUT2D eigenvalue weighted by Crippen LogP contribution is -2.45. The number of para-hydroxylation sites is 2. The Bertz CT molecular complexity index is 1080. The highest BCUT2D eigenvalue weighted by Gasteiger charge is 2.31. The summed E-state index contributed by atoms with van der Waals surface area (Å²) in [6.45, 7) is 4.82. The number of carbonyl (C=O) groups is 1. The van der Waals surface area contributed by atoms with Crippen LogP contribution in [0.25, 0.3) is 11.0 Å². The molecule has 0 amide bonds. The molecule has 32 heavy (non-hydrogen) atoms. The Morgan fingerprint density at radius 3 is 2.47 bits per heavy atom. The Kier molecular flexibility index (Phi) is 5.87. The van der Waals surface area contributed by atoms with Gasteiger partial charge in [0.25, 0.3) is 0 Å². The van der Waals surface area contributed by atoms with Crippen molar-refractivity contribution >= 4 is 23.0 Å². The van der Waals surface area contributed by atoms with Crippen molar-refractivity contribution in [1.29, 1.82) is 0 Å². The molecule has 0 unspecified atom stereocenters. The molecule has 0 bridgehead atoms. The maximum Gasteiger partial charge on any atom is 0.307 e. The van der Waals surface area contributed by atoms with Crippen molar-refractivity contribution in [3.8, 4) is 0 Å². The van der Waals surface area contributed by atoms with E-state index in [2.05, 4.69) is 63.9 Å². The second-order valence-electron chi connectivity index (χ2n) is 9.35. The van der Waals surface area contributed by atoms with Crippen LogP contribution in [-0.2, 0) is 11.3 Å². The number of carboxylic acids is 1. The van der Waals surface area contributed by atoms with E-state index in [0.717, 1.165) is 81.0 Å². The van der Waals surface area contributed by atoms with Crippen LogP contribution in [0.5, 0.6) is 0 Å². The first kappa shape index (κ1) is 21.0. The van der Waals surface area contributed by atoms with Crippen molar-refractivity contribution in [2.75, 3.05) is 38.1 Å². The van der Waals surface area contributed by atoms with Crippen molar-refractivity contribution in [3.05, 3.63) is 59.7 Å². The SMILES string of the molecule is CN1CCN(c2nc3ccccc3n2Cc2ccc([C@@H]3CCCC[C@H]3C(=O)O)cc2)CC1. The fraction of sp³-hybridized carbons (Fsp3) is 0.462. The summed E-state index contributed by atoms with van der Waals surface area (Å²) >= 11 is 0. The van der Waals surface area contributed by atoms with E-state index < -0.39 is 5.97 Å². The lowest BCUT2D eigenvalue weighted by Gasteiger charge is -2.33. The molecule has 0 radical (unpaired) electrons. The number of fused-ring (bicyclic) bond motifs is 1. The van der Waals surface area contributed by atoms with E-state index in [4.69, 9.17) is 4.98 Å². The predicted molar refractivity (Wildman–Crippen MR) is 127 cm³/mol. The Morgan fingerprint density at radius 1 is 1.00 bits per heavy atom. The second-order valence-corrected chi connectivity index (χ2v) is 9.35. The van der Waals surface area contributed by atoms with Gasteiger partial charge < -0.3 is 19.5 Å². The van der Waals surface area contributed by atoms with Crippen LogP contribution in [0.15, 0.2) is 48.5 Å². The largest absolute Gasteiger partial charge is 0.481 e. The van der Waals surface area contributed by atoms with Gasteiger partial charge in [0, 0.05) is 26.2 Å². The van der Waals surface area contributed by atoms with Crippen molar-refractivity contribution in [2.45, 2.75) is 38.1 Å². The number of imidazole rings is 1. The number of piperazine rings is 1. The van der Waals surface area contributed by atoms with Gasteiger partial charge in [-0.25, -0.2) is 4.98 Å². The summed E-state index contributed by atoms with van der Waals surface area (Å²) < 4.78 is 2.33. The molecule has 6 heteroatoms. The number of likely N-dealkylation sites (N-methyl/N-ethyl adjacent to an activating group) is 1. The van der Waals surface area contributed by atoms with Crippen molar-refractivity contribution < 1.29 is 9.90 Å². The Morgan fingerprint density at radius 2 is 1.72 bits per heavy atom. The molecule has 3 aromatic rings. The monoisotopic (exact) mass is 432 g/mol. The summed E-state index contributed by atoms with van der Waals surface area (Å²) in [4.78, 5) is 21.5. The molecule has 0 spiro atoms. The van der Waals surface area contributed by atoms with Gasteiger partial charge in [0.2, 0.25) is 5.95 Å². The minimum Gasteiger partial charge on any atom is -0.481 e. The zero-order valence-corrected chi connectivity index (χ0v) is 18.8. The van der Waals surface area contributed by atoms with Gasteiger partial charge in [0.1, 0.15) is 0 Å². The smallest absolute Gasteiger partial charge is 0.307 e. The minimum absolute atomic E-state index is 0.130. The Labute approximate surface area is 189 Å². The molecule has 1 aliphatic carbocycles. The number of hydrogen-bond acceptors (Lipinski definition) is 4. The third-order valence-electron chi connectivity index (χ3n) is 7.25. The molecule has 1 saturated carbocycles. The Hall–Kier alpha value is -2.86. The molecule has 2 heterocycles. The standard InChI is InChI=1S/C26H32N4O2/c1-28-14-16-29(17-15-28)26-27-23-8-4-5-9-24(23)30(26)18-19-10-12-20(13-11-19)21-6-2-3-7-22(21)25(31)32/h4-5,8-13,21-22H,2-3,6-7,14-18H2,1H3,(H,31,32)/t21-,22+/m0/s1. The quantitative estimate of drug-likeness (QED) is 0.655. The molecule has 168 valence electrons. The molecule has 1 N–H and O–H groups in total. The van der Waals surface area contributed by atoms with Crippen LogP contribution in [0.4, 0.5) is 5.95 Å². The highest BCUT2D eigenvalue weighted by atomic mass is 16.4. The minimum atomic E-state index is -0.652. The molecule has 1 aliphatic heterocycles. The number of hydrogen-bond donors (Lipinski definition) is 1. The lowest BCUT2D eigenvalue weighted by atomic mass is 9.75. The van der Waals surface area contributed by atoms with E-state index >= 15 is 0 Å². The number of rotatable bonds is 5. The fourth-order valence-electron chi connectivity index (χ4n) is 5.34. The first-order chi connectivity index (χ1) is 15.6. The number of carboxylic acid groups (broad SMARTS) is 1. The number of aliphatic carboxylic acids is 1. The molecule has 2 aliphatic rings. The van der Waals surface area contributed by atoms with E-state index in [1.807, 2.05) is 6.07 Å². The number of benzene rings is 2. The van der Waals surface area contributed by atoms with Gasteiger partial charge in [-0.1, -0.05) is 49.2 Å². The molecule has 2 atom stereocenters. The van der Waals surface area contributed by atoms with E-state index in [9.17, 15) is 9.90 Å². The van der Waals surface area contributed by atoms with Crippen LogP contribution in [0.3, 0.4) is 0 Å². The first-order valence-electron chi connectivity index (χ1n) is 11.8. The third-order valence-corrected chi connectivity index (χ3v) is 7.25. The van der Waals surface area contributed by atoms with Crippen molar-refractivity contribution in [1.82, 2.24) is 14.5 Å². The lowest BCUT2D eigenvalue weighted by molar-refractivity contribution is -0.143. The summed E-state index contributed by atoms with van der Waals surface area (Å²) in [6.07, 6.45) is 3.90. The van der Waals surface area contributed by atoms with Crippen LogP contribution in [0.1, 0.15) is 42.7 Å². The van der Waals surface area contributed by atoms with Gasteiger partial charge in [-0.05, 0) is 49.1 Å². The number of aromatic nitrogens is 2. The highest BCUT2D eigenvalue weighted by molar-refractivity contribution is 5.79. The van der Waals surface area contributed by atoms with Crippen molar-refractivity contribution in [2.24, 2.45) is 5.92 Å². The third kappa shape index (κ3) is 4.11.